The zero-order chi connectivity index (χ0) is 33.7. The first-order valence-electron chi connectivity index (χ1n) is 18.3. The zero-order valence-electron chi connectivity index (χ0n) is 28.5. The average molecular weight is 656 g/mol. The molecule has 0 bridgehead atoms. The van der Waals surface area contributed by atoms with Crippen LogP contribution in [0.15, 0.2) is 158 Å². The SMILES string of the molecule is c1cc(-c2nc(-n3c4ccccc4c4ccccc43)nc3ccccc23)cc(-c2cccc3cccc(-c4ccc(C5CCCCC5)cc4)c23)c1. The number of aromatic nitrogens is 3. The van der Waals surface area contributed by atoms with Crippen molar-refractivity contribution in [3.8, 4) is 39.5 Å². The number of hydrogen-bond acceptors (Lipinski definition) is 2. The Bertz CT molecular complexity index is 2670. The van der Waals surface area contributed by atoms with Crippen molar-refractivity contribution in [2.45, 2.75) is 38.0 Å². The highest BCUT2D eigenvalue weighted by Gasteiger charge is 2.19. The van der Waals surface area contributed by atoms with Crippen molar-refractivity contribution < 1.29 is 0 Å². The van der Waals surface area contributed by atoms with E-state index in [-0.39, 0.29) is 0 Å². The third-order valence-electron chi connectivity index (χ3n) is 11.0. The highest BCUT2D eigenvalue weighted by atomic mass is 15.2. The van der Waals surface area contributed by atoms with Crippen molar-refractivity contribution in [1.29, 1.82) is 0 Å². The Labute approximate surface area is 297 Å². The molecule has 2 heterocycles. The van der Waals surface area contributed by atoms with Gasteiger partial charge in [-0.1, -0.05) is 153 Å². The van der Waals surface area contributed by atoms with Gasteiger partial charge in [0.25, 0.3) is 0 Å². The predicted molar refractivity (Wildman–Crippen MR) is 214 cm³/mol. The molecule has 0 spiro atoms. The number of benzene rings is 7. The Balaban J connectivity index is 1.13. The van der Waals surface area contributed by atoms with Gasteiger partial charge in [-0.2, -0.15) is 0 Å². The Hall–Kier alpha value is -6.06. The van der Waals surface area contributed by atoms with Crippen LogP contribution >= 0.6 is 0 Å². The van der Waals surface area contributed by atoms with Crippen molar-refractivity contribution in [2.24, 2.45) is 0 Å². The summed E-state index contributed by atoms with van der Waals surface area (Å²) in [5, 5.41) is 5.96. The molecule has 1 aliphatic carbocycles. The van der Waals surface area contributed by atoms with Crippen LogP contribution in [0.3, 0.4) is 0 Å². The van der Waals surface area contributed by atoms with Gasteiger partial charge in [0.2, 0.25) is 5.95 Å². The quantitative estimate of drug-likeness (QED) is 0.185. The first-order chi connectivity index (χ1) is 25.3. The van der Waals surface area contributed by atoms with Gasteiger partial charge in [-0.3, -0.25) is 4.57 Å². The summed E-state index contributed by atoms with van der Waals surface area (Å²) in [7, 11) is 0. The van der Waals surface area contributed by atoms with Gasteiger partial charge in [-0.05, 0) is 81.6 Å². The maximum atomic E-state index is 5.37. The summed E-state index contributed by atoms with van der Waals surface area (Å²) < 4.78 is 2.21. The fraction of sp³-hybridized carbons (Fsp3) is 0.125. The summed E-state index contributed by atoms with van der Waals surface area (Å²) in [5.74, 6) is 1.38. The van der Waals surface area contributed by atoms with Crippen LogP contribution in [-0.2, 0) is 0 Å². The van der Waals surface area contributed by atoms with E-state index in [4.69, 9.17) is 9.97 Å². The molecule has 7 aromatic carbocycles. The lowest BCUT2D eigenvalue weighted by atomic mass is 9.83. The standard InChI is InChI=1S/C48H37N3/c1-2-13-32(14-3-1)33-27-29-34(30-28-33)38-22-11-15-35-16-12-23-39(46(35)38)36-17-10-18-37(31-36)47-42-21-4-7-24-43(42)49-48(50-47)51-44-25-8-5-19-40(44)41-20-6-9-26-45(41)51/h4-12,15-32H,1-3,13-14H2. The van der Waals surface area contributed by atoms with E-state index in [1.165, 1.54) is 81.5 Å². The molecule has 244 valence electrons. The molecule has 0 aliphatic heterocycles. The van der Waals surface area contributed by atoms with Gasteiger partial charge in [0.05, 0.1) is 22.2 Å². The summed E-state index contributed by atoms with van der Waals surface area (Å²) in [4.78, 5) is 10.5. The van der Waals surface area contributed by atoms with Crippen molar-refractivity contribution in [3.63, 3.8) is 0 Å². The topological polar surface area (TPSA) is 30.7 Å². The Morgan fingerprint density at radius 1 is 0.471 bits per heavy atom. The number of fused-ring (bicyclic) bond motifs is 5. The lowest BCUT2D eigenvalue weighted by molar-refractivity contribution is 0.443. The molecule has 51 heavy (non-hydrogen) atoms. The normalized spacial score (nSPS) is 13.8. The van der Waals surface area contributed by atoms with Crippen LogP contribution in [-0.4, -0.2) is 14.5 Å². The molecule has 0 unspecified atom stereocenters. The molecule has 3 nitrogen and oxygen atoms in total. The summed E-state index contributed by atoms with van der Waals surface area (Å²) >= 11 is 0. The van der Waals surface area contributed by atoms with Crippen LogP contribution in [0.25, 0.3) is 82.9 Å². The third kappa shape index (κ3) is 5.11. The van der Waals surface area contributed by atoms with E-state index in [1.54, 1.807) is 0 Å². The molecule has 10 rings (SSSR count). The molecule has 0 amide bonds. The molecule has 0 atom stereocenters. The second kappa shape index (κ2) is 12.4. The van der Waals surface area contributed by atoms with Crippen molar-refractivity contribution >= 4 is 43.5 Å². The summed E-state index contributed by atoms with van der Waals surface area (Å²) in [6.07, 6.45) is 6.71. The number of para-hydroxylation sites is 3. The first-order valence-corrected chi connectivity index (χ1v) is 18.3. The zero-order valence-corrected chi connectivity index (χ0v) is 28.5. The fourth-order valence-corrected chi connectivity index (χ4v) is 8.55. The van der Waals surface area contributed by atoms with E-state index < -0.39 is 0 Å². The van der Waals surface area contributed by atoms with Crippen LogP contribution in [0.1, 0.15) is 43.6 Å². The minimum atomic E-state index is 0.677. The van der Waals surface area contributed by atoms with Crippen LogP contribution in [0.5, 0.6) is 0 Å². The van der Waals surface area contributed by atoms with Crippen LogP contribution < -0.4 is 0 Å². The predicted octanol–water partition coefficient (Wildman–Crippen LogP) is 12.9. The van der Waals surface area contributed by atoms with E-state index in [9.17, 15) is 0 Å². The lowest BCUT2D eigenvalue weighted by Gasteiger charge is -2.22. The van der Waals surface area contributed by atoms with Gasteiger partial charge in [0, 0.05) is 21.7 Å². The fourth-order valence-electron chi connectivity index (χ4n) is 8.55. The Morgan fingerprint density at radius 3 is 1.80 bits per heavy atom. The first kappa shape index (κ1) is 29.8. The molecule has 0 N–H and O–H groups in total. The highest BCUT2D eigenvalue weighted by molar-refractivity contribution is 6.09. The van der Waals surface area contributed by atoms with E-state index in [0.29, 0.717) is 11.9 Å². The molecule has 0 saturated heterocycles. The maximum Gasteiger partial charge on any atom is 0.235 e. The second-order valence-corrected chi connectivity index (χ2v) is 14.0. The van der Waals surface area contributed by atoms with Gasteiger partial charge >= 0.3 is 0 Å². The average Bonchev–Trinajstić information content (AvgIpc) is 3.55. The molecule has 1 saturated carbocycles. The molecule has 9 aromatic rings. The maximum absolute atomic E-state index is 5.37. The van der Waals surface area contributed by atoms with Crippen LogP contribution in [0.2, 0.25) is 0 Å². The van der Waals surface area contributed by atoms with E-state index in [0.717, 1.165) is 33.2 Å². The summed E-state index contributed by atoms with van der Waals surface area (Å²) in [5.41, 5.74) is 11.5. The van der Waals surface area contributed by atoms with E-state index in [2.05, 4.69) is 162 Å². The smallest absolute Gasteiger partial charge is 0.235 e. The molecule has 0 radical (unpaired) electrons. The molecule has 1 fully saturated rings. The van der Waals surface area contributed by atoms with Gasteiger partial charge in [0.1, 0.15) is 0 Å². The third-order valence-corrected chi connectivity index (χ3v) is 11.0. The number of rotatable bonds is 5. The summed E-state index contributed by atoms with van der Waals surface area (Å²) in [6, 6.07) is 57.2. The van der Waals surface area contributed by atoms with Crippen LogP contribution in [0.4, 0.5) is 0 Å². The molecular formula is C48H37N3. The molecule has 2 aromatic heterocycles. The Kier molecular flexibility index (Phi) is 7.23. The van der Waals surface area contributed by atoms with E-state index in [1.807, 2.05) is 0 Å². The van der Waals surface area contributed by atoms with Gasteiger partial charge < -0.3 is 0 Å². The monoisotopic (exact) mass is 655 g/mol. The van der Waals surface area contributed by atoms with Crippen molar-refractivity contribution in [2.75, 3.05) is 0 Å². The minimum absolute atomic E-state index is 0.677. The molecular weight excluding hydrogens is 619 g/mol. The molecule has 1 aliphatic rings. The second-order valence-electron chi connectivity index (χ2n) is 14.0. The minimum Gasteiger partial charge on any atom is -0.278 e. The van der Waals surface area contributed by atoms with Crippen LogP contribution in [0, 0.1) is 0 Å². The Morgan fingerprint density at radius 2 is 1.08 bits per heavy atom. The van der Waals surface area contributed by atoms with Gasteiger partial charge in [-0.25, -0.2) is 9.97 Å². The lowest BCUT2D eigenvalue weighted by Crippen LogP contribution is -2.04. The number of nitrogens with zero attached hydrogens (tertiary/aromatic N) is 3. The van der Waals surface area contributed by atoms with Crippen molar-refractivity contribution in [3.05, 3.63) is 163 Å². The molecule has 3 heteroatoms. The van der Waals surface area contributed by atoms with E-state index >= 15 is 0 Å². The van der Waals surface area contributed by atoms with Gasteiger partial charge in [0.15, 0.2) is 0 Å². The van der Waals surface area contributed by atoms with Gasteiger partial charge in [-0.15, -0.1) is 0 Å². The summed E-state index contributed by atoms with van der Waals surface area (Å²) in [6.45, 7) is 0. The largest absolute Gasteiger partial charge is 0.278 e. The highest BCUT2D eigenvalue weighted by Crippen LogP contribution is 2.40. The van der Waals surface area contributed by atoms with Crippen molar-refractivity contribution in [1.82, 2.24) is 14.5 Å². The number of hydrogen-bond donors (Lipinski definition) is 0.